The zero-order valence-corrected chi connectivity index (χ0v) is 23.0. The van der Waals surface area contributed by atoms with Crippen molar-refractivity contribution in [2.45, 2.75) is 40.2 Å². The number of carbonyl (C=O) groups is 2. The highest BCUT2D eigenvalue weighted by Gasteiger charge is 2.53. The highest BCUT2D eigenvalue weighted by molar-refractivity contribution is 7.86. The van der Waals surface area contributed by atoms with E-state index in [1.54, 1.807) is 45.4 Å². The number of hydrogen-bond donors (Lipinski definition) is 2. The molecule has 1 fully saturated rings. The Morgan fingerprint density at radius 3 is 2.50 bits per heavy atom. The molecule has 38 heavy (non-hydrogen) atoms. The van der Waals surface area contributed by atoms with Gasteiger partial charge in [0, 0.05) is 35.5 Å². The van der Waals surface area contributed by atoms with Crippen molar-refractivity contribution in [3.63, 3.8) is 0 Å². The lowest BCUT2D eigenvalue weighted by Gasteiger charge is -2.20. The summed E-state index contributed by atoms with van der Waals surface area (Å²) in [5, 5.41) is 7.01. The molecule has 0 aliphatic heterocycles. The van der Waals surface area contributed by atoms with Crippen LogP contribution in [-0.4, -0.2) is 48.8 Å². The second-order valence-electron chi connectivity index (χ2n) is 10.6. The molecule has 4 rings (SSSR count). The van der Waals surface area contributed by atoms with E-state index in [1.165, 1.54) is 0 Å². The van der Waals surface area contributed by atoms with Gasteiger partial charge in [-0.05, 0) is 80.3 Å². The van der Waals surface area contributed by atoms with E-state index in [1.807, 2.05) is 32.0 Å². The van der Waals surface area contributed by atoms with Crippen molar-refractivity contribution in [1.82, 2.24) is 9.97 Å². The first-order chi connectivity index (χ1) is 17.8. The number of ether oxygens (including phenoxy) is 1. The Labute approximate surface area is 222 Å². The number of benzene rings is 1. The molecule has 1 aliphatic carbocycles. The standard InChI is InChI=1S/C27H32N4O6S/c1-15-7-8-28-12-19(15)17-9-18-11-23(31-25(32)24-16(2)21(24)14-38(34,35)36-6)29-13-20(18)22(10-17)30-26(33)37-27(3,4)5/h7-13,16,21,24H,14H2,1-6H3,(H,30,33)(H,29,31,32). The molecule has 0 spiro atoms. The van der Waals surface area contributed by atoms with Gasteiger partial charge in [-0.1, -0.05) is 6.92 Å². The normalized spacial score (nSPS) is 19.2. The number of nitrogens with one attached hydrogen (secondary N) is 2. The van der Waals surface area contributed by atoms with Gasteiger partial charge < -0.3 is 10.1 Å². The summed E-state index contributed by atoms with van der Waals surface area (Å²) in [6.07, 6.45) is 4.43. The minimum Gasteiger partial charge on any atom is -0.444 e. The van der Waals surface area contributed by atoms with Crippen LogP contribution in [0.25, 0.3) is 21.9 Å². The summed E-state index contributed by atoms with van der Waals surface area (Å²) in [4.78, 5) is 34.1. The van der Waals surface area contributed by atoms with Crippen LogP contribution in [-0.2, 0) is 23.8 Å². The molecular weight excluding hydrogens is 508 g/mol. The van der Waals surface area contributed by atoms with Gasteiger partial charge in [-0.25, -0.2) is 9.78 Å². The number of carbonyl (C=O) groups excluding carboxylic acids is 2. The molecule has 1 aliphatic rings. The Bertz CT molecular complexity index is 1500. The Hall–Kier alpha value is -3.57. The fourth-order valence-corrected chi connectivity index (χ4v) is 5.63. The van der Waals surface area contributed by atoms with Gasteiger partial charge in [-0.3, -0.25) is 19.3 Å². The lowest BCUT2D eigenvalue weighted by molar-refractivity contribution is -0.117. The number of nitrogens with zero attached hydrogens (tertiary/aromatic N) is 2. The maximum Gasteiger partial charge on any atom is 0.412 e. The number of aromatic nitrogens is 2. The van der Waals surface area contributed by atoms with Crippen molar-refractivity contribution in [2.75, 3.05) is 23.5 Å². The van der Waals surface area contributed by atoms with E-state index in [2.05, 4.69) is 24.8 Å². The summed E-state index contributed by atoms with van der Waals surface area (Å²) >= 11 is 0. The maximum absolute atomic E-state index is 12.9. The van der Waals surface area contributed by atoms with E-state index in [-0.39, 0.29) is 23.5 Å². The molecule has 2 N–H and O–H groups in total. The van der Waals surface area contributed by atoms with Crippen molar-refractivity contribution in [1.29, 1.82) is 0 Å². The van der Waals surface area contributed by atoms with Gasteiger partial charge in [-0.15, -0.1) is 0 Å². The van der Waals surface area contributed by atoms with E-state index in [4.69, 9.17) is 4.74 Å². The van der Waals surface area contributed by atoms with Crippen molar-refractivity contribution in [3.8, 4) is 11.1 Å². The van der Waals surface area contributed by atoms with Crippen molar-refractivity contribution >= 4 is 44.4 Å². The van der Waals surface area contributed by atoms with Crippen LogP contribution >= 0.6 is 0 Å². The predicted octanol–water partition coefficient (Wildman–Crippen LogP) is 4.75. The van der Waals surface area contributed by atoms with Gasteiger partial charge in [0.15, 0.2) is 0 Å². The smallest absolute Gasteiger partial charge is 0.412 e. The molecule has 11 heteroatoms. The van der Waals surface area contributed by atoms with Gasteiger partial charge in [0.1, 0.15) is 11.4 Å². The lowest BCUT2D eigenvalue weighted by Crippen LogP contribution is -2.27. The third kappa shape index (κ3) is 6.28. The van der Waals surface area contributed by atoms with Crippen LogP contribution in [0.2, 0.25) is 0 Å². The Kier molecular flexibility index (Phi) is 7.44. The number of fused-ring (bicyclic) bond motifs is 1. The van der Waals surface area contributed by atoms with Gasteiger partial charge in [0.05, 0.1) is 18.6 Å². The number of hydrogen-bond acceptors (Lipinski definition) is 8. The van der Waals surface area contributed by atoms with Gasteiger partial charge in [0.25, 0.3) is 10.1 Å². The molecule has 1 aromatic carbocycles. The van der Waals surface area contributed by atoms with Gasteiger partial charge in [-0.2, -0.15) is 8.42 Å². The first-order valence-corrected chi connectivity index (χ1v) is 13.8. The third-order valence-corrected chi connectivity index (χ3v) is 7.89. The lowest BCUT2D eigenvalue weighted by atomic mass is 9.99. The molecular formula is C27H32N4O6S. The van der Waals surface area contributed by atoms with Crippen LogP contribution in [0, 0.1) is 24.7 Å². The van der Waals surface area contributed by atoms with Gasteiger partial charge in [0.2, 0.25) is 5.91 Å². The summed E-state index contributed by atoms with van der Waals surface area (Å²) in [6.45, 7) is 9.16. The summed E-state index contributed by atoms with van der Waals surface area (Å²) in [7, 11) is -2.55. The SMILES string of the molecule is COS(=O)(=O)CC1C(C)C1C(=O)Nc1cc2cc(-c3cnccc3C)cc(NC(=O)OC(C)(C)C)c2cn1. The van der Waals surface area contributed by atoms with Crippen LogP contribution in [0.3, 0.4) is 0 Å². The molecule has 3 aromatic rings. The monoisotopic (exact) mass is 540 g/mol. The quantitative estimate of drug-likeness (QED) is 0.410. The van der Waals surface area contributed by atoms with Crippen molar-refractivity contribution < 1.29 is 26.9 Å². The summed E-state index contributed by atoms with van der Waals surface area (Å²) in [5.41, 5.74) is 2.54. The molecule has 2 heterocycles. The van der Waals surface area contributed by atoms with Crippen LogP contribution < -0.4 is 10.6 Å². The summed E-state index contributed by atoms with van der Waals surface area (Å²) in [6, 6.07) is 7.39. The van der Waals surface area contributed by atoms with Crippen LogP contribution in [0.5, 0.6) is 0 Å². The molecule has 2 aromatic heterocycles. The molecule has 0 radical (unpaired) electrons. The average Bonchev–Trinajstić information content (AvgIpc) is 3.45. The summed E-state index contributed by atoms with van der Waals surface area (Å²) in [5.74, 6) is -1.05. The van der Waals surface area contributed by atoms with E-state index >= 15 is 0 Å². The number of anilines is 2. The minimum absolute atomic E-state index is 0.0924. The minimum atomic E-state index is -3.66. The largest absolute Gasteiger partial charge is 0.444 e. The molecule has 0 bridgehead atoms. The second-order valence-corrected chi connectivity index (χ2v) is 12.3. The fourth-order valence-electron chi connectivity index (χ4n) is 4.51. The summed E-state index contributed by atoms with van der Waals surface area (Å²) < 4.78 is 33.6. The van der Waals surface area contributed by atoms with E-state index < -0.39 is 27.7 Å². The van der Waals surface area contributed by atoms with Crippen molar-refractivity contribution in [3.05, 3.63) is 48.4 Å². The molecule has 202 valence electrons. The third-order valence-electron chi connectivity index (χ3n) is 6.59. The van der Waals surface area contributed by atoms with Crippen LogP contribution in [0.15, 0.2) is 42.9 Å². The first kappa shape index (κ1) is 27.5. The highest BCUT2D eigenvalue weighted by Crippen LogP contribution is 2.47. The fraction of sp³-hybridized carbons (Fsp3) is 0.407. The number of pyridine rings is 2. The Morgan fingerprint density at radius 2 is 1.84 bits per heavy atom. The van der Waals surface area contributed by atoms with E-state index in [0.29, 0.717) is 16.9 Å². The first-order valence-electron chi connectivity index (χ1n) is 12.2. The number of rotatable bonds is 7. The van der Waals surface area contributed by atoms with Crippen LogP contribution in [0.4, 0.5) is 16.3 Å². The molecule has 3 atom stereocenters. The molecule has 0 saturated heterocycles. The zero-order chi connectivity index (χ0) is 27.8. The average molecular weight is 541 g/mol. The number of aryl methyl sites for hydroxylation is 1. The van der Waals surface area contributed by atoms with Crippen molar-refractivity contribution in [2.24, 2.45) is 17.8 Å². The second kappa shape index (κ2) is 10.3. The van der Waals surface area contributed by atoms with Gasteiger partial charge >= 0.3 is 6.09 Å². The zero-order valence-electron chi connectivity index (χ0n) is 22.2. The molecule has 1 saturated carbocycles. The Morgan fingerprint density at radius 1 is 1.11 bits per heavy atom. The number of amides is 2. The topological polar surface area (TPSA) is 137 Å². The molecule has 10 nitrogen and oxygen atoms in total. The Balaban J connectivity index is 1.65. The highest BCUT2D eigenvalue weighted by atomic mass is 32.2. The maximum atomic E-state index is 12.9. The molecule has 3 unspecified atom stereocenters. The van der Waals surface area contributed by atoms with Crippen LogP contribution in [0.1, 0.15) is 33.3 Å². The van der Waals surface area contributed by atoms with E-state index in [9.17, 15) is 18.0 Å². The molecule has 2 amide bonds. The van der Waals surface area contributed by atoms with E-state index in [0.717, 1.165) is 29.2 Å². The predicted molar refractivity (Wildman–Crippen MR) is 145 cm³/mol.